The molecule has 0 aliphatic rings. The lowest BCUT2D eigenvalue weighted by molar-refractivity contribution is 0.0996. The summed E-state index contributed by atoms with van der Waals surface area (Å²) >= 11 is 0. The second-order valence-electron chi connectivity index (χ2n) is 3.34. The van der Waals surface area contributed by atoms with Gasteiger partial charge in [0.05, 0.1) is 5.52 Å². The maximum atomic E-state index is 11.1. The molecule has 0 fully saturated rings. The van der Waals surface area contributed by atoms with Gasteiger partial charge in [0.1, 0.15) is 6.33 Å². The van der Waals surface area contributed by atoms with E-state index in [0.717, 1.165) is 18.5 Å². The van der Waals surface area contributed by atoms with Crippen molar-refractivity contribution in [3.8, 4) is 0 Å². The van der Waals surface area contributed by atoms with Crippen molar-refractivity contribution in [2.75, 3.05) is 0 Å². The van der Waals surface area contributed by atoms with Gasteiger partial charge in [0.2, 0.25) is 0 Å². The highest BCUT2D eigenvalue weighted by Gasteiger charge is 2.11. The molecule has 0 aliphatic carbocycles. The van der Waals surface area contributed by atoms with Crippen LogP contribution in [0.3, 0.4) is 0 Å². The Morgan fingerprint density at radius 3 is 2.71 bits per heavy atom. The van der Waals surface area contributed by atoms with Crippen LogP contribution in [0.4, 0.5) is 0 Å². The van der Waals surface area contributed by atoms with Crippen LogP contribution >= 0.6 is 0 Å². The van der Waals surface area contributed by atoms with Crippen LogP contribution in [-0.2, 0) is 6.42 Å². The van der Waals surface area contributed by atoms with Crippen molar-refractivity contribution in [2.24, 2.45) is 5.73 Å². The van der Waals surface area contributed by atoms with Crippen molar-refractivity contribution in [3.63, 3.8) is 0 Å². The number of primary amides is 1. The standard InChI is InChI=1S/C10H12N4O.C2H6/c1-2-3-7-4-5-8-9(10(11)15)12-6-13-14(7)8;1-2/h4-6H,2-3H2,1H3,(H2,11,15);1-2H3. The Morgan fingerprint density at radius 1 is 1.41 bits per heavy atom. The molecule has 0 radical (unpaired) electrons. The number of aromatic nitrogens is 3. The second-order valence-corrected chi connectivity index (χ2v) is 3.34. The number of hydrogen-bond donors (Lipinski definition) is 1. The predicted molar refractivity (Wildman–Crippen MR) is 66.8 cm³/mol. The first kappa shape index (κ1) is 13.2. The summed E-state index contributed by atoms with van der Waals surface area (Å²) in [6.07, 6.45) is 3.30. The summed E-state index contributed by atoms with van der Waals surface area (Å²) in [6, 6.07) is 3.77. The molecule has 0 saturated carbocycles. The Morgan fingerprint density at radius 2 is 2.12 bits per heavy atom. The molecule has 92 valence electrons. The van der Waals surface area contributed by atoms with Crippen LogP contribution in [0.5, 0.6) is 0 Å². The van der Waals surface area contributed by atoms with Gasteiger partial charge >= 0.3 is 0 Å². The van der Waals surface area contributed by atoms with Crippen molar-refractivity contribution >= 4 is 11.4 Å². The SMILES string of the molecule is CC.CCCc1ccc2c(C(N)=O)ncnn12. The summed E-state index contributed by atoms with van der Waals surface area (Å²) in [4.78, 5) is 15.0. The highest BCUT2D eigenvalue weighted by atomic mass is 16.1. The van der Waals surface area contributed by atoms with Gasteiger partial charge in [-0.15, -0.1) is 0 Å². The van der Waals surface area contributed by atoms with E-state index in [9.17, 15) is 4.79 Å². The fourth-order valence-electron chi connectivity index (χ4n) is 1.62. The minimum atomic E-state index is -0.524. The van der Waals surface area contributed by atoms with E-state index in [-0.39, 0.29) is 5.69 Å². The van der Waals surface area contributed by atoms with Crippen LogP contribution in [-0.4, -0.2) is 20.5 Å². The Bertz CT molecular complexity index is 504. The molecule has 0 spiro atoms. The first-order valence-electron chi connectivity index (χ1n) is 5.85. The topological polar surface area (TPSA) is 73.3 Å². The number of fused-ring (bicyclic) bond motifs is 1. The van der Waals surface area contributed by atoms with Crippen LogP contribution in [0.2, 0.25) is 0 Å². The van der Waals surface area contributed by atoms with E-state index < -0.39 is 5.91 Å². The summed E-state index contributed by atoms with van der Waals surface area (Å²) in [5.41, 5.74) is 7.23. The Kier molecular flexibility index (Phi) is 4.63. The maximum absolute atomic E-state index is 11.1. The molecule has 0 bridgehead atoms. The summed E-state index contributed by atoms with van der Waals surface area (Å²) in [7, 11) is 0. The smallest absolute Gasteiger partial charge is 0.269 e. The molecule has 5 nitrogen and oxygen atoms in total. The normalized spacial score (nSPS) is 9.82. The number of nitrogens with zero attached hydrogens (tertiary/aromatic N) is 3. The van der Waals surface area contributed by atoms with E-state index in [4.69, 9.17) is 5.73 Å². The van der Waals surface area contributed by atoms with Crippen LogP contribution in [0.1, 0.15) is 43.4 Å². The maximum Gasteiger partial charge on any atom is 0.269 e. The number of nitrogens with two attached hydrogens (primary N) is 1. The number of rotatable bonds is 3. The van der Waals surface area contributed by atoms with Crippen LogP contribution in [0, 0.1) is 0 Å². The van der Waals surface area contributed by atoms with Crippen LogP contribution in [0.15, 0.2) is 18.5 Å². The first-order chi connectivity index (χ1) is 8.24. The molecule has 0 saturated heterocycles. The van der Waals surface area contributed by atoms with Gasteiger partial charge in [-0.2, -0.15) is 5.10 Å². The third-order valence-electron chi connectivity index (χ3n) is 2.27. The Labute approximate surface area is 101 Å². The molecule has 0 atom stereocenters. The van der Waals surface area contributed by atoms with E-state index in [1.54, 1.807) is 4.52 Å². The largest absolute Gasteiger partial charge is 0.364 e. The molecule has 1 amide bonds. The summed E-state index contributed by atoms with van der Waals surface area (Å²) in [5.74, 6) is -0.524. The fourth-order valence-corrected chi connectivity index (χ4v) is 1.62. The number of aryl methyl sites for hydroxylation is 1. The molecular weight excluding hydrogens is 216 g/mol. The molecule has 2 aromatic rings. The molecule has 17 heavy (non-hydrogen) atoms. The lowest BCUT2D eigenvalue weighted by Crippen LogP contribution is -2.15. The van der Waals surface area contributed by atoms with Gasteiger partial charge in [0.15, 0.2) is 5.69 Å². The summed E-state index contributed by atoms with van der Waals surface area (Å²) in [5, 5.41) is 4.10. The van der Waals surface area contributed by atoms with Crippen molar-refractivity contribution in [1.82, 2.24) is 14.6 Å². The molecule has 2 N–H and O–H groups in total. The van der Waals surface area contributed by atoms with E-state index >= 15 is 0 Å². The van der Waals surface area contributed by atoms with Gasteiger partial charge in [0.25, 0.3) is 5.91 Å². The molecule has 0 unspecified atom stereocenters. The fraction of sp³-hybridized carbons (Fsp3) is 0.417. The van der Waals surface area contributed by atoms with Crippen molar-refractivity contribution in [1.29, 1.82) is 0 Å². The monoisotopic (exact) mass is 234 g/mol. The van der Waals surface area contributed by atoms with Crippen molar-refractivity contribution < 1.29 is 4.79 Å². The molecule has 2 rings (SSSR count). The minimum Gasteiger partial charge on any atom is -0.364 e. The molecular formula is C12H18N4O. The summed E-state index contributed by atoms with van der Waals surface area (Å²) < 4.78 is 1.72. The van der Waals surface area contributed by atoms with E-state index in [0.29, 0.717) is 5.52 Å². The molecule has 5 heteroatoms. The van der Waals surface area contributed by atoms with Gasteiger partial charge in [-0.3, -0.25) is 4.79 Å². The quantitative estimate of drug-likeness (QED) is 0.880. The van der Waals surface area contributed by atoms with Crippen LogP contribution in [0.25, 0.3) is 5.52 Å². The average molecular weight is 234 g/mol. The summed E-state index contributed by atoms with van der Waals surface area (Å²) in [6.45, 7) is 6.09. The highest BCUT2D eigenvalue weighted by molar-refractivity contribution is 5.97. The van der Waals surface area contributed by atoms with Crippen molar-refractivity contribution in [2.45, 2.75) is 33.6 Å². The van der Waals surface area contributed by atoms with Crippen molar-refractivity contribution in [3.05, 3.63) is 29.8 Å². The average Bonchev–Trinajstić information content (AvgIpc) is 2.75. The predicted octanol–water partition coefficient (Wildman–Crippen LogP) is 1.81. The van der Waals surface area contributed by atoms with Crippen LogP contribution < -0.4 is 5.73 Å². The van der Waals surface area contributed by atoms with E-state index in [1.807, 2.05) is 26.0 Å². The Hall–Kier alpha value is -1.91. The third kappa shape index (κ3) is 2.61. The van der Waals surface area contributed by atoms with Gasteiger partial charge in [-0.1, -0.05) is 27.2 Å². The van der Waals surface area contributed by atoms with Gasteiger partial charge in [-0.25, -0.2) is 9.50 Å². The first-order valence-corrected chi connectivity index (χ1v) is 5.85. The second kappa shape index (κ2) is 5.98. The lowest BCUT2D eigenvalue weighted by Gasteiger charge is -2.01. The van der Waals surface area contributed by atoms with Gasteiger partial charge < -0.3 is 5.73 Å². The lowest BCUT2D eigenvalue weighted by atomic mass is 10.3. The third-order valence-corrected chi connectivity index (χ3v) is 2.27. The Balaban J connectivity index is 0.000000686. The number of carbonyl (C=O) groups is 1. The minimum absolute atomic E-state index is 0.271. The zero-order valence-corrected chi connectivity index (χ0v) is 10.5. The highest BCUT2D eigenvalue weighted by Crippen LogP contribution is 2.12. The number of amides is 1. The molecule has 0 aromatic carbocycles. The van der Waals surface area contributed by atoms with E-state index in [2.05, 4.69) is 17.0 Å². The van der Waals surface area contributed by atoms with Gasteiger partial charge in [0, 0.05) is 5.69 Å². The number of hydrogen-bond acceptors (Lipinski definition) is 3. The molecule has 2 heterocycles. The van der Waals surface area contributed by atoms with E-state index in [1.165, 1.54) is 6.33 Å². The van der Waals surface area contributed by atoms with Gasteiger partial charge in [-0.05, 0) is 18.6 Å². The zero-order valence-electron chi connectivity index (χ0n) is 10.5. The zero-order chi connectivity index (χ0) is 12.8. The number of carbonyl (C=O) groups excluding carboxylic acids is 1. The molecule has 0 aliphatic heterocycles. The molecule has 2 aromatic heterocycles.